The maximum atomic E-state index is 10.8. The Morgan fingerprint density at radius 3 is 3.05 bits per heavy atom. The van der Waals surface area contributed by atoms with Crippen molar-refractivity contribution in [2.45, 2.75) is 29.8 Å². The first-order chi connectivity index (χ1) is 9.24. The number of aromatic carboxylic acids is 1. The van der Waals surface area contributed by atoms with Crippen LogP contribution in [-0.4, -0.2) is 36.3 Å². The second-order valence-electron chi connectivity index (χ2n) is 4.25. The predicted molar refractivity (Wildman–Crippen MR) is 66.8 cm³/mol. The molecule has 3 rings (SSSR count). The van der Waals surface area contributed by atoms with E-state index in [2.05, 4.69) is 20.5 Å². The second-order valence-corrected chi connectivity index (χ2v) is 5.19. The number of nitrogens with zero attached hydrogens (tertiary/aromatic N) is 5. The van der Waals surface area contributed by atoms with Crippen LogP contribution >= 0.6 is 11.8 Å². The largest absolute Gasteiger partial charge is 0.477 e. The third-order valence-electron chi connectivity index (χ3n) is 2.73. The Morgan fingerprint density at radius 1 is 1.47 bits per heavy atom. The molecule has 0 aliphatic heterocycles. The molecule has 0 bridgehead atoms. The summed E-state index contributed by atoms with van der Waals surface area (Å²) in [6.45, 7) is 0. The van der Waals surface area contributed by atoms with Crippen molar-refractivity contribution in [3.05, 3.63) is 29.6 Å². The van der Waals surface area contributed by atoms with Crippen LogP contribution in [0.4, 0.5) is 0 Å². The van der Waals surface area contributed by atoms with Crippen LogP contribution in [0.3, 0.4) is 0 Å². The van der Waals surface area contributed by atoms with Gasteiger partial charge in [-0.25, -0.2) is 14.5 Å². The smallest absolute Gasteiger partial charge is 0.354 e. The van der Waals surface area contributed by atoms with Crippen LogP contribution in [0.5, 0.6) is 0 Å². The van der Waals surface area contributed by atoms with Crippen molar-refractivity contribution >= 4 is 17.7 Å². The van der Waals surface area contributed by atoms with Gasteiger partial charge in [0.2, 0.25) is 5.16 Å². The van der Waals surface area contributed by atoms with E-state index in [0.717, 1.165) is 18.0 Å². The molecule has 1 N–H and O–H groups in total. The van der Waals surface area contributed by atoms with Gasteiger partial charge >= 0.3 is 5.97 Å². The van der Waals surface area contributed by atoms with Gasteiger partial charge in [0.15, 0.2) is 0 Å². The second kappa shape index (κ2) is 4.96. The summed E-state index contributed by atoms with van der Waals surface area (Å²) in [6.07, 6.45) is 2.23. The van der Waals surface area contributed by atoms with Gasteiger partial charge in [-0.3, -0.25) is 0 Å². The molecule has 0 radical (unpaired) electrons. The fraction of sp³-hybridized carbons (Fsp3) is 0.364. The first-order valence-corrected chi connectivity index (χ1v) is 6.82. The zero-order valence-corrected chi connectivity index (χ0v) is 10.7. The van der Waals surface area contributed by atoms with E-state index in [1.807, 2.05) is 4.68 Å². The number of tetrazole rings is 1. The lowest BCUT2D eigenvalue weighted by atomic mass is 10.3. The van der Waals surface area contributed by atoms with Gasteiger partial charge in [0.05, 0.1) is 11.7 Å². The Balaban J connectivity index is 1.70. The summed E-state index contributed by atoms with van der Waals surface area (Å²) in [4.78, 5) is 14.9. The molecule has 0 atom stereocenters. The summed E-state index contributed by atoms with van der Waals surface area (Å²) in [7, 11) is 0. The van der Waals surface area contributed by atoms with Crippen LogP contribution in [0.15, 0.2) is 23.4 Å². The fourth-order valence-electron chi connectivity index (χ4n) is 1.65. The van der Waals surface area contributed by atoms with Crippen LogP contribution in [-0.2, 0) is 5.75 Å². The number of carboxylic acids is 1. The number of pyridine rings is 1. The summed E-state index contributed by atoms with van der Waals surface area (Å²) in [5.74, 6) is -0.469. The van der Waals surface area contributed by atoms with Crippen LogP contribution in [0.2, 0.25) is 0 Å². The predicted octanol–water partition coefficient (Wildman–Crippen LogP) is 1.39. The Morgan fingerprint density at radius 2 is 2.32 bits per heavy atom. The van der Waals surface area contributed by atoms with Gasteiger partial charge in [-0.1, -0.05) is 17.8 Å². The fourth-order valence-corrected chi connectivity index (χ4v) is 2.50. The minimum absolute atomic E-state index is 0.0554. The summed E-state index contributed by atoms with van der Waals surface area (Å²) in [5.41, 5.74) is 0.759. The molecule has 1 aliphatic carbocycles. The molecule has 0 spiro atoms. The maximum absolute atomic E-state index is 10.8. The van der Waals surface area contributed by atoms with Crippen molar-refractivity contribution in [3.8, 4) is 0 Å². The SMILES string of the molecule is O=C(O)c1cccc(CSc2nnnn2C2CC2)n1. The van der Waals surface area contributed by atoms with E-state index in [4.69, 9.17) is 5.11 Å². The number of rotatable bonds is 5. The monoisotopic (exact) mass is 277 g/mol. The van der Waals surface area contributed by atoms with Crippen molar-refractivity contribution < 1.29 is 9.90 Å². The third kappa shape index (κ3) is 2.73. The topological polar surface area (TPSA) is 93.8 Å². The van der Waals surface area contributed by atoms with Gasteiger partial charge in [-0.05, 0) is 35.4 Å². The first kappa shape index (κ1) is 12.1. The number of carboxylic acid groups (broad SMARTS) is 1. The highest BCUT2D eigenvalue weighted by Gasteiger charge is 2.27. The van der Waals surface area contributed by atoms with Crippen molar-refractivity contribution in [3.63, 3.8) is 0 Å². The molecule has 98 valence electrons. The Labute approximate surface area is 113 Å². The molecule has 0 saturated heterocycles. The number of carbonyl (C=O) groups is 1. The molecule has 2 heterocycles. The molecule has 1 aliphatic rings. The Kier molecular flexibility index (Phi) is 3.16. The molecule has 2 aromatic heterocycles. The molecule has 1 fully saturated rings. The highest BCUT2D eigenvalue weighted by Crippen LogP contribution is 2.36. The van der Waals surface area contributed by atoms with E-state index in [9.17, 15) is 4.79 Å². The van der Waals surface area contributed by atoms with Gasteiger partial charge in [0.1, 0.15) is 5.69 Å². The average molecular weight is 277 g/mol. The lowest BCUT2D eigenvalue weighted by molar-refractivity contribution is 0.0690. The number of thioether (sulfide) groups is 1. The van der Waals surface area contributed by atoms with Crippen molar-refractivity contribution in [2.75, 3.05) is 0 Å². The van der Waals surface area contributed by atoms with Crippen LogP contribution in [0.25, 0.3) is 0 Å². The van der Waals surface area contributed by atoms with Gasteiger partial charge in [-0.15, -0.1) is 5.10 Å². The van der Waals surface area contributed by atoms with Crippen LogP contribution in [0.1, 0.15) is 35.1 Å². The normalized spacial score (nSPS) is 14.5. The number of hydrogen-bond donors (Lipinski definition) is 1. The lowest BCUT2D eigenvalue weighted by Gasteiger charge is -2.02. The average Bonchev–Trinajstić information content (AvgIpc) is 3.16. The molecule has 7 nitrogen and oxygen atoms in total. The summed E-state index contributed by atoms with van der Waals surface area (Å²) in [5, 5.41) is 21.2. The van der Waals surface area contributed by atoms with E-state index in [-0.39, 0.29) is 5.69 Å². The van der Waals surface area contributed by atoms with Crippen molar-refractivity contribution in [2.24, 2.45) is 0 Å². The molecule has 19 heavy (non-hydrogen) atoms. The molecular formula is C11H11N5O2S. The van der Waals surface area contributed by atoms with E-state index in [1.54, 1.807) is 12.1 Å². The van der Waals surface area contributed by atoms with E-state index < -0.39 is 5.97 Å². The highest BCUT2D eigenvalue weighted by atomic mass is 32.2. The molecular weight excluding hydrogens is 266 g/mol. The first-order valence-electron chi connectivity index (χ1n) is 5.84. The Hall–Kier alpha value is -1.96. The van der Waals surface area contributed by atoms with Crippen LogP contribution < -0.4 is 0 Å². The summed E-state index contributed by atoms with van der Waals surface area (Å²) in [6, 6.07) is 5.39. The van der Waals surface area contributed by atoms with E-state index >= 15 is 0 Å². The van der Waals surface area contributed by atoms with Gasteiger partial charge in [0, 0.05) is 5.75 Å². The lowest BCUT2D eigenvalue weighted by Crippen LogP contribution is -2.02. The Bertz CT molecular complexity index is 611. The van der Waals surface area contributed by atoms with Crippen molar-refractivity contribution in [1.82, 2.24) is 25.2 Å². The zero-order chi connectivity index (χ0) is 13.2. The summed E-state index contributed by atoms with van der Waals surface area (Å²) < 4.78 is 1.83. The molecule has 8 heteroatoms. The molecule has 0 unspecified atom stereocenters. The third-order valence-corrected chi connectivity index (χ3v) is 3.70. The minimum atomic E-state index is -1.02. The highest BCUT2D eigenvalue weighted by molar-refractivity contribution is 7.98. The van der Waals surface area contributed by atoms with E-state index in [0.29, 0.717) is 17.5 Å². The summed E-state index contributed by atoms with van der Waals surface area (Å²) >= 11 is 1.47. The standard InChI is InChI=1S/C11H11N5O2S/c17-10(18)9-3-1-2-7(12-9)6-19-11-13-14-15-16(11)8-4-5-8/h1-3,8H,4-6H2,(H,17,18). The molecule has 0 amide bonds. The minimum Gasteiger partial charge on any atom is -0.477 e. The quantitative estimate of drug-likeness (QED) is 0.825. The van der Waals surface area contributed by atoms with Gasteiger partial charge < -0.3 is 5.11 Å². The van der Waals surface area contributed by atoms with E-state index in [1.165, 1.54) is 17.8 Å². The molecule has 0 aromatic carbocycles. The molecule has 2 aromatic rings. The number of aromatic nitrogens is 5. The van der Waals surface area contributed by atoms with Gasteiger partial charge in [0.25, 0.3) is 0 Å². The zero-order valence-electron chi connectivity index (χ0n) is 9.93. The van der Waals surface area contributed by atoms with Crippen LogP contribution in [0, 0.1) is 0 Å². The maximum Gasteiger partial charge on any atom is 0.354 e. The van der Waals surface area contributed by atoms with Gasteiger partial charge in [-0.2, -0.15) is 0 Å². The molecule has 1 saturated carbocycles. The number of hydrogen-bond acceptors (Lipinski definition) is 6. The van der Waals surface area contributed by atoms with Crippen molar-refractivity contribution in [1.29, 1.82) is 0 Å².